The third kappa shape index (κ3) is 3.62. The Labute approximate surface area is 190 Å². The van der Waals surface area contributed by atoms with E-state index in [1.165, 1.54) is 27.9 Å². The van der Waals surface area contributed by atoms with Crippen LogP contribution in [0.1, 0.15) is 37.3 Å². The summed E-state index contributed by atoms with van der Waals surface area (Å²) in [5, 5.41) is 0. The monoisotopic (exact) mass is 474 g/mol. The Kier molecular flexibility index (Phi) is 7.23. The molecule has 0 radical (unpaired) electrons. The molecule has 0 saturated carbocycles. The van der Waals surface area contributed by atoms with E-state index in [0.717, 1.165) is 6.42 Å². The molecule has 0 N–H and O–H groups in total. The molecular weight excluding hydrogens is 452 g/mol. The van der Waals surface area contributed by atoms with E-state index < -0.39 is 0 Å². The predicted octanol–water partition coefficient (Wildman–Crippen LogP) is -0.340. The van der Waals surface area contributed by atoms with E-state index in [-0.39, 0.29) is 24.8 Å². The largest absolute Gasteiger partial charge is 1.00 e. The van der Waals surface area contributed by atoms with Crippen LogP contribution in [-0.4, -0.2) is 14.1 Å². The molecule has 27 heavy (non-hydrogen) atoms. The van der Waals surface area contributed by atoms with Crippen LogP contribution in [0.25, 0.3) is 11.1 Å². The summed E-state index contributed by atoms with van der Waals surface area (Å²) >= 11 is 1.56. The summed E-state index contributed by atoms with van der Waals surface area (Å²) in [5.41, 5.74) is 10.3. The average molecular weight is 477 g/mol. The Morgan fingerprint density at radius 3 is 2.30 bits per heavy atom. The van der Waals surface area contributed by atoms with Crippen LogP contribution in [-0.2, 0) is 24.7 Å². The van der Waals surface area contributed by atoms with Gasteiger partial charge in [-0.05, 0) is 0 Å². The molecule has 0 saturated heterocycles. The molecule has 0 spiro atoms. The van der Waals surface area contributed by atoms with Crippen LogP contribution in [0.5, 0.6) is 0 Å². The van der Waals surface area contributed by atoms with Crippen molar-refractivity contribution in [3.8, 4) is 11.1 Å². The minimum atomic E-state index is 0. The molecule has 0 aromatic heterocycles. The standard InChI is InChI=1S/C23H24N.2ClH.Zr/c1-15(2)16-11-7-12-17(16)22-18-9-5-6-10-19(18)23-20(22)13-8-14-21(23)24(3)4;;;/h5-6,8-11,13-15,22H,7H2,1-4H3;2*1H;/q;;;+2/p-2. The van der Waals surface area contributed by atoms with Crippen LogP contribution in [0.15, 0.2) is 63.0 Å². The fourth-order valence-electron chi connectivity index (χ4n) is 4.41. The van der Waals surface area contributed by atoms with Crippen LogP contribution in [0.4, 0.5) is 5.69 Å². The number of hydrogen-bond acceptors (Lipinski definition) is 1. The molecule has 1 unspecified atom stereocenters. The van der Waals surface area contributed by atoms with Gasteiger partial charge in [-0.3, -0.25) is 0 Å². The van der Waals surface area contributed by atoms with Gasteiger partial charge < -0.3 is 24.8 Å². The Morgan fingerprint density at radius 2 is 1.63 bits per heavy atom. The zero-order valence-electron chi connectivity index (χ0n) is 16.2. The Balaban J connectivity index is 0.00000131. The van der Waals surface area contributed by atoms with E-state index in [1.54, 1.807) is 39.1 Å². The summed E-state index contributed by atoms with van der Waals surface area (Å²) in [6.45, 7) is 4.66. The van der Waals surface area contributed by atoms with E-state index >= 15 is 0 Å². The first-order valence-electron chi connectivity index (χ1n) is 9.05. The van der Waals surface area contributed by atoms with Gasteiger partial charge in [-0.2, -0.15) is 0 Å². The number of nitrogens with zero attached hydrogens (tertiary/aromatic N) is 1. The number of anilines is 1. The van der Waals surface area contributed by atoms with Gasteiger partial charge in [0.15, 0.2) is 0 Å². The van der Waals surface area contributed by atoms with Crippen molar-refractivity contribution in [2.45, 2.75) is 26.2 Å². The molecule has 2 aliphatic carbocycles. The summed E-state index contributed by atoms with van der Waals surface area (Å²) in [6.07, 6.45) is 3.61. The average Bonchev–Trinajstić information content (AvgIpc) is 3.12. The van der Waals surface area contributed by atoms with Crippen molar-refractivity contribution in [2.24, 2.45) is 5.92 Å². The number of halogens is 2. The normalized spacial score (nSPS) is 17.1. The second kappa shape index (κ2) is 8.68. The van der Waals surface area contributed by atoms with E-state index in [4.69, 9.17) is 0 Å². The zero-order valence-corrected chi connectivity index (χ0v) is 20.2. The fourth-order valence-corrected chi connectivity index (χ4v) is 5.37. The maximum absolute atomic E-state index is 2.47. The van der Waals surface area contributed by atoms with E-state index in [0.29, 0.717) is 11.8 Å². The first kappa shape index (κ1) is 22.5. The maximum Gasteiger partial charge on any atom is -1.00 e. The molecule has 0 fully saturated rings. The van der Waals surface area contributed by atoms with Crippen molar-refractivity contribution in [3.63, 3.8) is 0 Å². The number of fused-ring (bicyclic) bond motifs is 3. The number of hydrogen-bond donors (Lipinski definition) is 0. The topological polar surface area (TPSA) is 3.24 Å². The third-order valence-electron chi connectivity index (χ3n) is 5.48. The predicted molar refractivity (Wildman–Crippen MR) is 103 cm³/mol. The minimum Gasteiger partial charge on any atom is -1.00 e. The molecule has 0 amide bonds. The number of allylic oxidation sites excluding steroid dienone is 4. The van der Waals surface area contributed by atoms with Gasteiger partial charge in [-0.25, -0.2) is 0 Å². The molecular formula is C23H24Cl2NZr. The molecule has 2 aliphatic rings. The van der Waals surface area contributed by atoms with Gasteiger partial charge >= 0.3 is 167 Å². The quantitative estimate of drug-likeness (QED) is 0.586. The Hall–Kier alpha value is -0.817. The Bertz CT molecular complexity index is 912. The van der Waals surface area contributed by atoms with Gasteiger partial charge in [0, 0.05) is 0 Å². The molecule has 4 rings (SSSR count). The van der Waals surface area contributed by atoms with Crippen LogP contribution in [0.2, 0.25) is 0 Å². The summed E-state index contributed by atoms with van der Waals surface area (Å²) < 4.78 is 1.62. The SMILES string of the molecule is CC(C)C1=CC[C]([Zr+2])=C1C1c2ccccc2-c2c1cccc2N(C)C.[Cl-].[Cl-]. The third-order valence-corrected chi connectivity index (χ3v) is 6.65. The number of benzene rings is 2. The minimum absolute atomic E-state index is 0. The summed E-state index contributed by atoms with van der Waals surface area (Å²) in [5.74, 6) is 0.984. The molecule has 0 bridgehead atoms. The van der Waals surface area contributed by atoms with Gasteiger partial charge in [0.2, 0.25) is 0 Å². The number of rotatable bonds is 3. The van der Waals surface area contributed by atoms with Gasteiger partial charge in [0.1, 0.15) is 0 Å². The second-order valence-electron chi connectivity index (χ2n) is 7.57. The molecule has 1 nitrogen and oxygen atoms in total. The van der Waals surface area contributed by atoms with Crippen molar-refractivity contribution in [1.82, 2.24) is 0 Å². The van der Waals surface area contributed by atoms with E-state index in [9.17, 15) is 0 Å². The zero-order chi connectivity index (χ0) is 17.7. The summed E-state index contributed by atoms with van der Waals surface area (Å²) in [7, 11) is 4.30. The second-order valence-corrected chi connectivity index (χ2v) is 9.05. The molecule has 0 aliphatic heterocycles. The first-order valence-corrected chi connectivity index (χ1v) is 10.3. The van der Waals surface area contributed by atoms with Crippen molar-refractivity contribution in [2.75, 3.05) is 19.0 Å². The van der Waals surface area contributed by atoms with Gasteiger partial charge in [0.25, 0.3) is 0 Å². The Morgan fingerprint density at radius 1 is 0.963 bits per heavy atom. The van der Waals surface area contributed by atoms with Crippen LogP contribution < -0.4 is 29.7 Å². The van der Waals surface area contributed by atoms with Crippen LogP contribution >= 0.6 is 0 Å². The maximum atomic E-state index is 2.47. The van der Waals surface area contributed by atoms with Crippen LogP contribution in [0, 0.1) is 5.92 Å². The van der Waals surface area contributed by atoms with Crippen molar-refractivity contribution < 1.29 is 49.5 Å². The molecule has 0 heterocycles. The van der Waals surface area contributed by atoms with E-state index in [1.807, 2.05) is 0 Å². The molecule has 1 atom stereocenters. The summed E-state index contributed by atoms with van der Waals surface area (Å²) in [6, 6.07) is 15.8. The van der Waals surface area contributed by atoms with Gasteiger partial charge in [-0.1, -0.05) is 0 Å². The molecule has 4 heteroatoms. The first-order chi connectivity index (χ1) is 12.0. The van der Waals surface area contributed by atoms with Crippen molar-refractivity contribution in [1.29, 1.82) is 0 Å². The van der Waals surface area contributed by atoms with Crippen molar-refractivity contribution >= 4 is 5.69 Å². The smallest absolute Gasteiger partial charge is 1.00 e. The van der Waals surface area contributed by atoms with Gasteiger partial charge in [0.05, 0.1) is 0 Å². The van der Waals surface area contributed by atoms with Crippen molar-refractivity contribution in [3.05, 3.63) is 74.1 Å². The van der Waals surface area contributed by atoms with Gasteiger partial charge in [-0.15, -0.1) is 0 Å². The molecule has 2 aromatic rings. The van der Waals surface area contributed by atoms with E-state index in [2.05, 4.69) is 81.4 Å². The molecule has 2 aromatic carbocycles. The summed E-state index contributed by atoms with van der Waals surface area (Å²) in [4.78, 5) is 2.25. The molecule has 139 valence electrons. The fraction of sp³-hybridized carbons (Fsp3) is 0.304. The van der Waals surface area contributed by atoms with Crippen LogP contribution in [0.3, 0.4) is 0 Å².